The molecule has 4 N–H and O–H groups in total. The number of nitrogens with zero attached hydrogens (tertiary/aromatic N) is 1. The maximum Gasteiger partial charge on any atom is 0.259 e. The van der Waals surface area contributed by atoms with Crippen molar-refractivity contribution in [3.8, 4) is 5.75 Å². The monoisotopic (exact) mass is 243 g/mol. The summed E-state index contributed by atoms with van der Waals surface area (Å²) in [6.07, 6.45) is 1.46. The second-order valence-corrected chi connectivity index (χ2v) is 3.95. The first-order valence-electron chi connectivity index (χ1n) is 5.39. The van der Waals surface area contributed by atoms with Gasteiger partial charge in [0.05, 0.1) is 17.4 Å². The fraction of sp³-hybridized carbons (Fsp3) is 0.0769. The number of carbonyl (C=O) groups excluding carboxylic acids is 1. The minimum absolute atomic E-state index is 0.0455. The van der Waals surface area contributed by atoms with Crippen LogP contribution in [-0.4, -0.2) is 16.0 Å². The van der Waals surface area contributed by atoms with Crippen LogP contribution in [-0.2, 0) is 0 Å². The molecule has 92 valence electrons. The number of aryl methyl sites for hydroxylation is 1. The molecule has 1 aromatic carbocycles. The van der Waals surface area contributed by atoms with E-state index >= 15 is 0 Å². The lowest BCUT2D eigenvalue weighted by Gasteiger charge is -2.07. The molecular weight excluding hydrogens is 230 g/mol. The van der Waals surface area contributed by atoms with Crippen molar-refractivity contribution in [1.82, 2.24) is 4.98 Å². The van der Waals surface area contributed by atoms with E-state index in [4.69, 9.17) is 5.73 Å². The van der Waals surface area contributed by atoms with Gasteiger partial charge in [-0.3, -0.25) is 4.79 Å². The molecule has 2 aromatic rings. The van der Waals surface area contributed by atoms with E-state index in [-0.39, 0.29) is 17.2 Å². The summed E-state index contributed by atoms with van der Waals surface area (Å²) in [4.78, 5) is 15.8. The number of carbonyl (C=O) groups is 1. The molecule has 1 aromatic heterocycles. The fourth-order valence-electron chi connectivity index (χ4n) is 1.51. The van der Waals surface area contributed by atoms with Crippen molar-refractivity contribution in [3.63, 3.8) is 0 Å². The molecule has 0 spiro atoms. The Hall–Kier alpha value is -2.56. The lowest BCUT2D eigenvalue weighted by Crippen LogP contribution is -2.12. The SMILES string of the molecule is Cc1ccc(C(=O)Nc2ccc(N)nc2)c(O)c1. The first-order chi connectivity index (χ1) is 8.56. The number of rotatable bonds is 2. The fourth-order valence-corrected chi connectivity index (χ4v) is 1.51. The van der Waals surface area contributed by atoms with Crippen LogP contribution >= 0.6 is 0 Å². The summed E-state index contributed by atoms with van der Waals surface area (Å²) >= 11 is 0. The molecule has 0 saturated heterocycles. The number of anilines is 2. The van der Waals surface area contributed by atoms with Crippen molar-refractivity contribution in [3.05, 3.63) is 47.7 Å². The van der Waals surface area contributed by atoms with Crippen LogP contribution in [0.1, 0.15) is 15.9 Å². The summed E-state index contributed by atoms with van der Waals surface area (Å²) in [6.45, 7) is 1.84. The van der Waals surface area contributed by atoms with Gasteiger partial charge in [0, 0.05) is 0 Å². The Morgan fingerprint density at radius 3 is 2.72 bits per heavy atom. The van der Waals surface area contributed by atoms with Crippen LogP contribution in [0.25, 0.3) is 0 Å². The molecule has 18 heavy (non-hydrogen) atoms. The number of nitrogens with one attached hydrogen (secondary N) is 1. The van der Waals surface area contributed by atoms with E-state index in [1.54, 1.807) is 24.3 Å². The Balaban J connectivity index is 2.19. The molecule has 0 bridgehead atoms. The lowest BCUT2D eigenvalue weighted by molar-refractivity contribution is 0.102. The third-order valence-electron chi connectivity index (χ3n) is 2.44. The number of amides is 1. The molecule has 0 radical (unpaired) electrons. The van der Waals surface area contributed by atoms with Crippen molar-refractivity contribution in [2.45, 2.75) is 6.92 Å². The van der Waals surface area contributed by atoms with Crippen molar-refractivity contribution >= 4 is 17.4 Å². The summed E-state index contributed by atoms with van der Waals surface area (Å²) in [5.41, 5.74) is 7.07. The zero-order chi connectivity index (χ0) is 13.1. The molecule has 5 nitrogen and oxygen atoms in total. The van der Waals surface area contributed by atoms with E-state index in [0.717, 1.165) is 5.56 Å². The Labute approximate surface area is 104 Å². The van der Waals surface area contributed by atoms with E-state index in [9.17, 15) is 9.90 Å². The molecule has 0 saturated carbocycles. The topological polar surface area (TPSA) is 88.2 Å². The maximum absolute atomic E-state index is 11.9. The number of hydrogen-bond acceptors (Lipinski definition) is 4. The van der Waals surface area contributed by atoms with Gasteiger partial charge in [0.1, 0.15) is 11.6 Å². The summed E-state index contributed by atoms with van der Waals surface area (Å²) in [5.74, 6) is -0.0545. The number of pyridine rings is 1. The molecule has 0 unspecified atom stereocenters. The summed E-state index contributed by atoms with van der Waals surface area (Å²) in [5, 5.41) is 12.3. The molecule has 0 aliphatic rings. The van der Waals surface area contributed by atoms with Crippen LogP contribution in [0.4, 0.5) is 11.5 Å². The Bertz CT molecular complexity index is 579. The molecule has 0 atom stereocenters. The molecule has 1 heterocycles. The normalized spacial score (nSPS) is 10.1. The zero-order valence-electron chi connectivity index (χ0n) is 9.84. The first kappa shape index (κ1) is 11.9. The average Bonchev–Trinajstić information content (AvgIpc) is 2.32. The number of phenolic OH excluding ortho intramolecular Hbond substituents is 1. The highest BCUT2D eigenvalue weighted by atomic mass is 16.3. The van der Waals surface area contributed by atoms with Crippen LogP contribution in [0, 0.1) is 6.92 Å². The van der Waals surface area contributed by atoms with Crippen molar-refractivity contribution in [2.75, 3.05) is 11.1 Å². The van der Waals surface area contributed by atoms with Crippen molar-refractivity contribution in [2.24, 2.45) is 0 Å². The largest absolute Gasteiger partial charge is 0.507 e. The van der Waals surface area contributed by atoms with Gasteiger partial charge in [-0.1, -0.05) is 6.07 Å². The smallest absolute Gasteiger partial charge is 0.259 e. The standard InChI is InChI=1S/C13H13N3O2/c1-8-2-4-10(11(17)6-8)13(18)16-9-3-5-12(14)15-7-9/h2-7,17H,1H3,(H2,14,15)(H,16,18). The summed E-state index contributed by atoms with van der Waals surface area (Å²) in [6, 6.07) is 8.10. The molecule has 0 aliphatic carbocycles. The van der Waals surface area contributed by atoms with Crippen LogP contribution in [0.5, 0.6) is 5.75 Å². The van der Waals surface area contributed by atoms with Gasteiger partial charge < -0.3 is 16.2 Å². The van der Waals surface area contributed by atoms with E-state index in [2.05, 4.69) is 10.3 Å². The number of nitrogen functional groups attached to an aromatic ring is 1. The van der Waals surface area contributed by atoms with Gasteiger partial charge in [-0.25, -0.2) is 4.98 Å². The highest BCUT2D eigenvalue weighted by Crippen LogP contribution is 2.19. The van der Waals surface area contributed by atoms with Crippen LogP contribution in [0.2, 0.25) is 0 Å². The van der Waals surface area contributed by atoms with Crippen molar-refractivity contribution in [1.29, 1.82) is 0 Å². The van der Waals surface area contributed by atoms with Crippen LogP contribution in [0.3, 0.4) is 0 Å². The van der Waals surface area contributed by atoms with Crippen LogP contribution in [0.15, 0.2) is 36.5 Å². The number of hydrogen-bond donors (Lipinski definition) is 3. The third kappa shape index (κ3) is 2.57. The molecule has 2 rings (SSSR count). The molecular formula is C13H13N3O2. The summed E-state index contributed by atoms with van der Waals surface area (Å²) in [7, 11) is 0. The van der Waals surface area contributed by atoms with Gasteiger partial charge in [0.15, 0.2) is 0 Å². The predicted molar refractivity (Wildman–Crippen MR) is 69.4 cm³/mol. The Morgan fingerprint density at radius 2 is 2.11 bits per heavy atom. The third-order valence-corrected chi connectivity index (χ3v) is 2.44. The highest BCUT2D eigenvalue weighted by molar-refractivity contribution is 6.06. The van der Waals surface area contributed by atoms with Gasteiger partial charge >= 0.3 is 0 Å². The van der Waals surface area contributed by atoms with Gasteiger partial charge in [-0.05, 0) is 36.8 Å². The second kappa shape index (κ2) is 4.75. The van der Waals surface area contributed by atoms with Gasteiger partial charge in [-0.15, -0.1) is 0 Å². The van der Waals surface area contributed by atoms with E-state index < -0.39 is 0 Å². The number of aromatic hydroxyl groups is 1. The number of benzene rings is 1. The average molecular weight is 243 g/mol. The summed E-state index contributed by atoms with van der Waals surface area (Å²) < 4.78 is 0. The minimum atomic E-state index is -0.390. The quantitative estimate of drug-likeness (QED) is 0.752. The molecule has 1 amide bonds. The maximum atomic E-state index is 11.9. The number of phenols is 1. The van der Waals surface area contributed by atoms with Gasteiger partial charge in [-0.2, -0.15) is 0 Å². The highest BCUT2D eigenvalue weighted by Gasteiger charge is 2.11. The number of nitrogens with two attached hydrogens (primary N) is 1. The molecule has 0 aliphatic heterocycles. The molecule has 5 heteroatoms. The van der Waals surface area contributed by atoms with E-state index in [0.29, 0.717) is 11.5 Å². The van der Waals surface area contributed by atoms with Crippen molar-refractivity contribution < 1.29 is 9.90 Å². The molecule has 0 fully saturated rings. The van der Waals surface area contributed by atoms with Gasteiger partial charge in [0.2, 0.25) is 0 Å². The minimum Gasteiger partial charge on any atom is -0.507 e. The number of aromatic nitrogens is 1. The zero-order valence-corrected chi connectivity index (χ0v) is 9.84. The Morgan fingerprint density at radius 1 is 1.33 bits per heavy atom. The predicted octanol–water partition coefficient (Wildman–Crippen LogP) is 1.93. The van der Waals surface area contributed by atoms with Crippen LogP contribution < -0.4 is 11.1 Å². The second-order valence-electron chi connectivity index (χ2n) is 3.95. The van der Waals surface area contributed by atoms with E-state index in [1.807, 2.05) is 6.92 Å². The van der Waals surface area contributed by atoms with Gasteiger partial charge in [0.25, 0.3) is 5.91 Å². The van der Waals surface area contributed by atoms with E-state index in [1.165, 1.54) is 12.3 Å². The Kier molecular flexibility index (Phi) is 3.14. The first-order valence-corrected chi connectivity index (χ1v) is 5.39. The lowest BCUT2D eigenvalue weighted by atomic mass is 10.1.